The summed E-state index contributed by atoms with van der Waals surface area (Å²) in [6.45, 7) is 1.98. The first kappa shape index (κ1) is 17.1. The van der Waals surface area contributed by atoms with E-state index in [1.807, 2.05) is 0 Å². The van der Waals surface area contributed by atoms with E-state index in [0.717, 1.165) is 18.5 Å². The van der Waals surface area contributed by atoms with Gasteiger partial charge in [-0.25, -0.2) is 0 Å². The molecule has 1 aromatic heterocycles. The Morgan fingerprint density at radius 3 is 2.71 bits per heavy atom. The first-order valence-corrected chi connectivity index (χ1v) is 9.29. The van der Waals surface area contributed by atoms with E-state index in [0.29, 0.717) is 19.5 Å². The molecule has 5 heteroatoms. The predicted molar refractivity (Wildman–Crippen MR) is 97.9 cm³/mol. The van der Waals surface area contributed by atoms with Crippen LogP contribution in [0.15, 0.2) is 41.1 Å². The quantitative estimate of drug-likeness (QED) is 0.877. The number of rotatable bonds is 5. The normalized spacial score (nSPS) is 20.8. The molecule has 128 valence electrons. The van der Waals surface area contributed by atoms with Crippen molar-refractivity contribution in [3.05, 3.63) is 46.7 Å². The maximum absolute atomic E-state index is 12.4. The summed E-state index contributed by atoms with van der Waals surface area (Å²) in [6.07, 6.45) is 1.79. The third kappa shape index (κ3) is 4.23. The zero-order valence-corrected chi connectivity index (χ0v) is 14.8. The van der Waals surface area contributed by atoms with Crippen LogP contribution in [0.1, 0.15) is 24.8 Å². The third-order valence-electron chi connectivity index (χ3n) is 4.58. The lowest BCUT2D eigenvalue weighted by atomic mass is 9.90. The molecule has 0 bridgehead atoms. The molecule has 0 spiro atoms. The van der Waals surface area contributed by atoms with E-state index in [1.165, 1.54) is 11.1 Å². The highest BCUT2D eigenvalue weighted by molar-refractivity contribution is 7.08. The number of piperidine rings is 1. The van der Waals surface area contributed by atoms with Crippen LogP contribution in [0.4, 0.5) is 0 Å². The zero-order valence-electron chi connectivity index (χ0n) is 14.0. The van der Waals surface area contributed by atoms with Gasteiger partial charge in [-0.15, -0.1) is 0 Å². The molecule has 2 N–H and O–H groups in total. The molecule has 1 aliphatic rings. The topological polar surface area (TPSA) is 52.6 Å². The van der Waals surface area contributed by atoms with Crippen LogP contribution in [-0.2, 0) is 11.3 Å². The molecule has 1 amide bonds. The van der Waals surface area contributed by atoms with Crippen molar-refractivity contribution in [1.29, 1.82) is 0 Å². The molecule has 1 aromatic carbocycles. The van der Waals surface area contributed by atoms with Crippen LogP contribution >= 0.6 is 11.3 Å². The number of hydrogen-bond acceptors (Lipinski definition) is 4. The second-order valence-electron chi connectivity index (χ2n) is 6.64. The third-order valence-corrected chi connectivity index (χ3v) is 5.27. The first-order valence-electron chi connectivity index (χ1n) is 8.34. The van der Waals surface area contributed by atoms with Crippen LogP contribution in [0.5, 0.6) is 0 Å². The highest BCUT2D eigenvalue weighted by atomic mass is 32.1. The number of β-amino-alcohol motifs (C(OH)–C–C–N with tert-alkyl or cyclic N) is 1. The molecular weight excluding hydrogens is 320 g/mol. The van der Waals surface area contributed by atoms with Gasteiger partial charge in [-0.1, -0.05) is 24.3 Å². The van der Waals surface area contributed by atoms with E-state index < -0.39 is 5.60 Å². The van der Waals surface area contributed by atoms with Gasteiger partial charge in [-0.3, -0.25) is 4.79 Å². The second kappa shape index (κ2) is 7.47. The Balaban J connectivity index is 1.57. The molecule has 1 saturated heterocycles. The number of amides is 1. The minimum atomic E-state index is -0.896. The fraction of sp³-hybridized carbons (Fsp3) is 0.421. The maximum atomic E-state index is 12.4. The lowest BCUT2D eigenvalue weighted by molar-refractivity contribution is -0.136. The van der Waals surface area contributed by atoms with Gasteiger partial charge in [0.05, 0.1) is 12.0 Å². The Labute approximate surface area is 147 Å². The Kier molecular flexibility index (Phi) is 5.33. The van der Waals surface area contributed by atoms with Crippen LogP contribution in [-0.4, -0.2) is 41.7 Å². The van der Waals surface area contributed by atoms with Crippen molar-refractivity contribution < 1.29 is 9.90 Å². The molecular formula is C19H24N2O2S. The summed E-state index contributed by atoms with van der Waals surface area (Å²) < 4.78 is 0. The Hall–Kier alpha value is -1.69. The van der Waals surface area contributed by atoms with Crippen LogP contribution in [0.25, 0.3) is 11.1 Å². The average molecular weight is 344 g/mol. The van der Waals surface area contributed by atoms with Crippen molar-refractivity contribution in [2.75, 3.05) is 20.1 Å². The minimum absolute atomic E-state index is 0.0110. The summed E-state index contributed by atoms with van der Waals surface area (Å²) in [6, 6.07) is 10.4. The van der Waals surface area contributed by atoms with Crippen molar-refractivity contribution >= 4 is 17.2 Å². The summed E-state index contributed by atoms with van der Waals surface area (Å²) in [5, 5.41) is 17.9. The van der Waals surface area contributed by atoms with E-state index in [9.17, 15) is 9.90 Å². The smallest absolute Gasteiger partial charge is 0.225 e. The molecule has 2 aromatic rings. The molecule has 1 unspecified atom stereocenters. The number of nitrogens with zero attached hydrogens (tertiary/aromatic N) is 1. The minimum Gasteiger partial charge on any atom is -0.388 e. The summed E-state index contributed by atoms with van der Waals surface area (Å²) >= 11 is 1.69. The molecule has 1 aliphatic heterocycles. The van der Waals surface area contributed by atoms with E-state index in [-0.39, 0.29) is 12.3 Å². The Morgan fingerprint density at radius 1 is 1.29 bits per heavy atom. The van der Waals surface area contributed by atoms with Crippen LogP contribution in [0, 0.1) is 0 Å². The van der Waals surface area contributed by atoms with E-state index in [2.05, 4.69) is 46.4 Å². The number of benzene rings is 1. The number of nitrogens with one attached hydrogen (secondary N) is 1. The molecule has 3 rings (SSSR count). The molecule has 0 saturated carbocycles. The number of thiophene rings is 1. The average Bonchev–Trinajstić information content (AvgIpc) is 3.10. The molecule has 24 heavy (non-hydrogen) atoms. The van der Waals surface area contributed by atoms with Gasteiger partial charge in [-0.05, 0) is 52.9 Å². The van der Waals surface area contributed by atoms with Crippen LogP contribution in [0.2, 0.25) is 0 Å². The number of carbonyl (C=O) groups is 1. The molecule has 0 aliphatic carbocycles. The van der Waals surface area contributed by atoms with E-state index in [4.69, 9.17) is 0 Å². The summed E-state index contributed by atoms with van der Waals surface area (Å²) in [5.41, 5.74) is 2.62. The summed E-state index contributed by atoms with van der Waals surface area (Å²) in [4.78, 5) is 14.1. The second-order valence-corrected chi connectivity index (χ2v) is 7.42. The summed E-state index contributed by atoms with van der Waals surface area (Å²) in [7, 11) is 1.80. The van der Waals surface area contributed by atoms with Gasteiger partial charge in [0, 0.05) is 20.1 Å². The monoisotopic (exact) mass is 344 g/mol. The van der Waals surface area contributed by atoms with Crippen molar-refractivity contribution in [1.82, 2.24) is 10.2 Å². The van der Waals surface area contributed by atoms with Gasteiger partial charge in [-0.2, -0.15) is 11.3 Å². The van der Waals surface area contributed by atoms with Crippen LogP contribution in [0.3, 0.4) is 0 Å². The number of hydrogen-bond donors (Lipinski definition) is 2. The fourth-order valence-corrected chi connectivity index (χ4v) is 3.78. The number of aliphatic hydroxyl groups is 1. The van der Waals surface area contributed by atoms with Gasteiger partial charge in [0.1, 0.15) is 0 Å². The van der Waals surface area contributed by atoms with Gasteiger partial charge in [0.15, 0.2) is 0 Å². The van der Waals surface area contributed by atoms with E-state index in [1.54, 1.807) is 23.3 Å². The zero-order chi connectivity index (χ0) is 17.0. The molecule has 2 heterocycles. The van der Waals surface area contributed by atoms with Crippen molar-refractivity contribution in [3.8, 4) is 11.1 Å². The molecule has 4 nitrogen and oxygen atoms in total. The first-order chi connectivity index (χ1) is 11.6. The SMILES string of the molecule is CN(Cc1ccc(-c2ccsc2)cc1)C(=O)CC1(O)CCCNC1. The summed E-state index contributed by atoms with van der Waals surface area (Å²) in [5.74, 6) is -0.0110. The van der Waals surface area contributed by atoms with Crippen molar-refractivity contribution in [3.63, 3.8) is 0 Å². The van der Waals surface area contributed by atoms with Gasteiger partial charge < -0.3 is 15.3 Å². The van der Waals surface area contributed by atoms with Gasteiger partial charge >= 0.3 is 0 Å². The molecule has 0 radical (unpaired) electrons. The predicted octanol–water partition coefficient (Wildman–Crippen LogP) is 2.88. The van der Waals surface area contributed by atoms with Gasteiger partial charge in [0.25, 0.3) is 0 Å². The Bertz CT molecular complexity index is 661. The van der Waals surface area contributed by atoms with Crippen LogP contribution < -0.4 is 5.32 Å². The molecule has 1 fully saturated rings. The number of carbonyl (C=O) groups excluding carboxylic acids is 1. The largest absolute Gasteiger partial charge is 0.388 e. The highest BCUT2D eigenvalue weighted by Crippen LogP contribution is 2.23. The van der Waals surface area contributed by atoms with E-state index >= 15 is 0 Å². The van der Waals surface area contributed by atoms with Crippen molar-refractivity contribution in [2.45, 2.75) is 31.4 Å². The standard InChI is InChI=1S/C19H24N2O2S/c1-21(18(22)11-19(23)8-2-9-20-14-19)12-15-3-5-16(6-4-15)17-7-10-24-13-17/h3-7,10,13,20,23H,2,8-9,11-12,14H2,1H3. The Morgan fingerprint density at radius 2 is 2.08 bits per heavy atom. The lowest BCUT2D eigenvalue weighted by Crippen LogP contribution is -2.48. The highest BCUT2D eigenvalue weighted by Gasteiger charge is 2.32. The van der Waals surface area contributed by atoms with Crippen molar-refractivity contribution in [2.24, 2.45) is 0 Å². The fourth-order valence-electron chi connectivity index (χ4n) is 3.11. The maximum Gasteiger partial charge on any atom is 0.225 e. The lowest BCUT2D eigenvalue weighted by Gasteiger charge is -2.33. The molecule has 1 atom stereocenters. The van der Waals surface area contributed by atoms with Gasteiger partial charge in [0.2, 0.25) is 5.91 Å².